The Hall–Kier alpha value is -0.0400. The van der Waals surface area contributed by atoms with Gasteiger partial charge >= 0.3 is 0 Å². The maximum Gasteiger partial charge on any atom is 0.0770 e. The van der Waals surface area contributed by atoms with Crippen LogP contribution in [-0.4, -0.2) is 19.6 Å². The summed E-state index contributed by atoms with van der Waals surface area (Å²) in [7, 11) is 0. The first-order chi connectivity index (χ1) is 7.43. The van der Waals surface area contributed by atoms with Gasteiger partial charge in [0.2, 0.25) is 0 Å². The summed E-state index contributed by atoms with van der Waals surface area (Å²) >= 11 is 0. The van der Waals surface area contributed by atoms with E-state index in [2.05, 4.69) is 6.92 Å². The molecule has 1 aliphatic rings. The number of hydrogen-bond acceptors (Lipinski definition) is 0. The SMILES string of the molecule is CCCCCCCCC[NH+]1CCCCC1. The molecule has 1 N–H and O–H groups in total. The molecule has 1 heteroatoms. The minimum absolute atomic E-state index is 1.37. The largest absolute Gasteiger partial charge is 0.335 e. The second-order valence-electron chi connectivity index (χ2n) is 5.18. The van der Waals surface area contributed by atoms with Crippen LogP contribution in [0.4, 0.5) is 0 Å². The highest BCUT2D eigenvalue weighted by molar-refractivity contribution is 4.48. The zero-order valence-corrected chi connectivity index (χ0v) is 10.7. The van der Waals surface area contributed by atoms with Gasteiger partial charge in [0.25, 0.3) is 0 Å². The Morgan fingerprint density at radius 3 is 2.00 bits per heavy atom. The molecule has 0 saturated carbocycles. The van der Waals surface area contributed by atoms with Crippen molar-refractivity contribution in [3.05, 3.63) is 0 Å². The lowest BCUT2D eigenvalue weighted by Gasteiger charge is -2.23. The third kappa shape index (κ3) is 6.94. The van der Waals surface area contributed by atoms with Crippen LogP contribution in [0.3, 0.4) is 0 Å². The van der Waals surface area contributed by atoms with E-state index in [4.69, 9.17) is 0 Å². The van der Waals surface area contributed by atoms with Gasteiger partial charge in [0.15, 0.2) is 0 Å². The molecule has 0 atom stereocenters. The van der Waals surface area contributed by atoms with Gasteiger partial charge < -0.3 is 4.90 Å². The first-order valence-corrected chi connectivity index (χ1v) is 7.27. The fraction of sp³-hybridized carbons (Fsp3) is 1.00. The van der Waals surface area contributed by atoms with Gasteiger partial charge in [-0.05, 0) is 32.1 Å². The van der Waals surface area contributed by atoms with Crippen LogP contribution >= 0.6 is 0 Å². The molecule has 0 aromatic carbocycles. The van der Waals surface area contributed by atoms with Crippen LogP contribution in [0.5, 0.6) is 0 Å². The second-order valence-corrected chi connectivity index (χ2v) is 5.18. The molecule has 1 heterocycles. The zero-order chi connectivity index (χ0) is 10.8. The number of piperidine rings is 1. The summed E-state index contributed by atoms with van der Waals surface area (Å²) in [6.45, 7) is 6.65. The van der Waals surface area contributed by atoms with Crippen LogP contribution in [0.15, 0.2) is 0 Å². The number of rotatable bonds is 8. The number of hydrogen-bond donors (Lipinski definition) is 1. The number of quaternary nitrogens is 1. The number of likely N-dealkylation sites (tertiary alicyclic amines) is 1. The number of nitrogens with one attached hydrogen (secondary N) is 1. The first kappa shape index (κ1) is 13.0. The minimum atomic E-state index is 1.37. The van der Waals surface area contributed by atoms with Gasteiger partial charge in [0, 0.05) is 0 Å². The smallest absolute Gasteiger partial charge is 0.0770 e. The molecule has 1 fully saturated rings. The summed E-state index contributed by atoms with van der Waals surface area (Å²) in [5.41, 5.74) is 0. The van der Waals surface area contributed by atoms with Crippen LogP contribution in [-0.2, 0) is 0 Å². The molecule has 0 unspecified atom stereocenters. The lowest BCUT2D eigenvalue weighted by atomic mass is 10.1. The first-order valence-electron chi connectivity index (χ1n) is 7.27. The van der Waals surface area contributed by atoms with Gasteiger partial charge in [-0.1, -0.05) is 39.0 Å². The molecule has 0 spiro atoms. The third-order valence-electron chi connectivity index (χ3n) is 3.69. The molecule has 0 aromatic heterocycles. The van der Waals surface area contributed by atoms with Crippen molar-refractivity contribution in [2.24, 2.45) is 0 Å². The van der Waals surface area contributed by atoms with E-state index in [9.17, 15) is 0 Å². The molecular weight excluding hydrogens is 182 g/mol. The van der Waals surface area contributed by atoms with Gasteiger partial charge in [0.05, 0.1) is 19.6 Å². The van der Waals surface area contributed by atoms with E-state index in [0.717, 1.165) is 0 Å². The van der Waals surface area contributed by atoms with E-state index >= 15 is 0 Å². The van der Waals surface area contributed by atoms with Gasteiger partial charge in [0.1, 0.15) is 0 Å². The van der Waals surface area contributed by atoms with Crippen molar-refractivity contribution in [2.45, 2.75) is 71.1 Å². The molecule has 1 nitrogen and oxygen atoms in total. The van der Waals surface area contributed by atoms with E-state index in [-0.39, 0.29) is 0 Å². The Kier molecular flexibility index (Phi) is 7.99. The normalized spacial score (nSPS) is 18.2. The lowest BCUT2D eigenvalue weighted by molar-refractivity contribution is -0.905. The summed E-state index contributed by atoms with van der Waals surface area (Å²) in [5, 5.41) is 0. The highest BCUT2D eigenvalue weighted by atomic mass is 15.1. The summed E-state index contributed by atoms with van der Waals surface area (Å²) in [6.07, 6.45) is 14.6. The topological polar surface area (TPSA) is 4.44 Å². The molecule has 0 aromatic rings. The second kappa shape index (κ2) is 9.21. The Balaban J connectivity index is 1.79. The fourth-order valence-corrected chi connectivity index (χ4v) is 2.63. The quantitative estimate of drug-likeness (QED) is 0.590. The van der Waals surface area contributed by atoms with Gasteiger partial charge in [-0.3, -0.25) is 0 Å². The van der Waals surface area contributed by atoms with Gasteiger partial charge in [-0.15, -0.1) is 0 Å². The Morgan fingerprint density at radius 2 is 1.33 bits per heavy atom. The van der Waals surface area contributed by atoms with Gasteiger partial charge in [-0.2, -0.15) is 0 Å². The average molecular weight is 212 g/mol. The van der Waals surface area contributed by atoms with Crippen molar-refractivity contribution in [1.29, 1.82) is 0 Å². The minimum Gasteiger partial charge on any atom is -0.335 e. The van der Waals surface area contributed by atoms with E-state index < -0.39 is 0 Å². The fourth-order valence-electron chi connectivity index (χ4n) is 2.63. The maximum absolute atomic E-state index is 2.29. The van der Waals surface area contributed by atoms with Crippen molar-refractivity contribution >= 4 is 0 Å². The predicted octanol–water partition coefficient (Wildman–Crippen LogP) is 2.81. The van der Waals surface area contributed by atoms with Crippen molar-refractivity contribution < 1.29 is 4.90 Å². The summed E-state index contributed by atoms with van der Waals surface area (Å²) < 4.78 is 0. The monoisotopic (exact) mass is 212 g/mol. The molecule has 90 valence electrons. The van der Waals surface area contributed by atoms with Gasteiger partial charge in [-0.25, -0.2) is 0 Å². The van der Waals surface area contributed by atoms with E-state index in [1.165, 1.54) is 83.8 Å². The third-order valence-corrected chi connectivity index (χ3v) is 3.69. The van der Waals surface area contributed by atoms with Crippen molar-refractivity contribution in [3.8, 4) is 0 Å². The van der Waals surface area contributed by atoms with Crippen LogP contribution in [0.2, 0.25) is 0 Å². The van der Waals surface area contributed by atoms with E-state index in [1.807, 2.05) is 4.90 Å². The standard InChI is InChI=1S/C14H29N/c1-2-3-4-5-6-7-9-12-15-13-10-8-11-14-15/h2-14H2,1H3/p+1. The molecule has 0 radical (unpaired) electrons. The summed E-state index contributed by atoms with van der Waals surface area (Å²) in [4.78, 5) is 1.88. The Labute approximate surface area is 96.2 Å². The predicted molar refractivity (Wildman–Crippen MR) is 67.4 cm³/mol. The molecule has 15 heavy (non-hydrogen) atoms. The summed E-state index contributed by atoms with van der Waals surface area (Å²) in [5.74, 6) is 0. The van der Waals surface area contributed by atoms with E-state index in [0.29, 0.717) is 0 Å². The maximum atomic E-state index is 2.29. The van der Waals surface area contributed by atoms with Crippen molar-refractivity contribution in [2.75, 3.05) is 19.6 Å². The Bertz CT molecular complexity index is 127. The van der Waals surface area contributed by atoms with Crippen LogP contribution in [0.25, 0.3) is 0 Å². The van der Waals surface area contributed by atoms with Crippen molar-refractivity contribution in [3.63, 3.8) is 0 Å². The molecule has 1 saturated heterocycles. The molecular formula is C14H30N+. The Morgan fingerprint density at radius 1 is 0.733 bits per heavy atom. The van der Waals surface area contributed by atoms with E-state index in [1.54, 1.807) is 0 Å². The molecule has 0 bridgehead atoms. The highest BCUT2D eigenvalue weighted by Gasteiger charge is 2.11. The lowest BCUT2D eigenvalue weighted by Crippen LogP contribution is -3.12. The van der Waals surface area contributed by atoms with Crippen LogP contribution in [0, 0.1) is 0 Å². The summed E-state index contributed by atoms with van der Waals surface area (Å²) in [6, 6.07) is 0. The molecule has 1 rings (SSSR count). The zero-order valence-electron chi connectivity index (χ0n) is 10.7. The highest BCUT2D eigenvalue weighted by Crippen LogP contribution is 2.06. The molecule has 0 amide bonds. The van der Waals surface area contributed by atoms with Crippen LogP contribution < -0.4 is 4.90 Å². The molecule has 0 aliphatic carbocycles. The van der Waals surface area contributed by atoms with Crippen LogP contribution in [0.1, 0.15) is 71.1 Å². The average Bonchev–Trinajstić information content (AvgIpc) is 2.29. The van der Waals surface area contributed by atoms with Crippen molar-refractivity contribution in [1.82, 2.24) is 0 Å². The molecule has 1 aliphatic heterocycles. The number of unbranched alkanes of at least 4 members (excludes halogenated alkanes) is 6.